The summed E-state index contributed by atoms with van der Waals surface area (Å²) in [5, 5.41) is 0. The molecular formula is C8H11F2N. The molecule has 1 atom stereocenters. The fourth-order valence-corrected chi connectivity index (χ4v) is 1.20. The number of hydrogen-bond donors (Lipinski definition) is 1. The van der Waals surface area contributed by atoms with Gasteiger partial charge < -0.3 is 5.73 Å². The van der Waals surface area contributed by atoms with Gasteiger partial charge in [-0.25, -0.2) is 8.78 Å². The van der Waals surface area contributed by atoms with Crippen LogP contribution in [0.4, 0.5) is 8.78 Å². The van der Waals surface area contributed by atoms with Crippen LogP contribution in [0.15, 0.2) is 23.6 Å². The quantitative estimate of drug-likeness (QED) is 0.620. The molecule has 1 aliphatic rings. The monoisotopic (exact) mass is 159 g/mol. The molecule has 0 bridgehead atoms. The van der Waals surface area contributed by atoms with Gasteiger partial charge in [-0.05, 0) is 19.1 Å². The zero-order valence-electron chi connectivity index (χ0n) is 6.40. The van der Waals surface area contributed by atoms with E-state index in [0.29, 0.717) is 5.57 Å². The first kappa shape index (κ1) is 8.40. The van der Waals surface area contributed by atoms with Crippen LogP contribution in [0.2, 0.25) is 0 Å². The van der Waals surface area contributed by atoms with Crippen molar-refractivity contribution in [2.45, 2.75) is 19.0 Å². The summed E-state index contributed by atoms with van der Waals surface area (Å²) in [4.78, 5) is 0. The van der Waals surface area contributed by atoms with Crippen LogP contribution < -0.4 is 5.73 Å². The van der Waals surface area contributed by atoms with Gasteiger partial charge >= 0.3 is 0 Å². The molecule has 3 heteroatoms. The van der Waals surface area contributed by atoms with Crippen molar-refractivity contribution in [3.63, 3.8) is 0 Å². The SMILES string of the molecule is CC1(F)C=C(F)C=C(CN)C1. The number of hydrogen-bond acceptors (Lipinski definition) is 1. The van der Waals surface area contributed by atoms with Crippen LogP contribution in [0.5, 0.6) is 0 Å². The lowest BCUT2D eigenvalue weighted by atomic mass is 9.93. The summed E-state index contributed by atoms with van der Waals surface area (Å²) in [6, 6.07) is 0. The molecule has 0 fully saturated rings. The molecule has 0 aromatic rings. The molecule has 1 unspecified atom stereocenters. The van der Waals surface area contributed by atoms with Crippen LogP contribution in [0, 0.1) is 0 Å². The maximum atomic E-state index is 13.1. The van der Waals surface area contributed by atoms with E-state index in [1.165, 1.54) is 13.0 Å². The van der Waals surface area contributed by atoms with Gasteiger partial charge in [0.1, 0.15) is 11.5 Å². The third kappa shape index (κ3) is 2.12. The highest BCUT2D eigenvalue weighted by molar-refractivity contribution is 5.29. The van der Waals surface area contributed by atoms with Crippen LogP contribution in [0.25, 0.3) is 0 Å². The topological polar surface area (TPSA) is 26.0 Å². The van der Waals surface area contributed by atoms with Gasteiger partial charge in [0.25, 0.3) is 0 Å². The standard InChI is InChI=1S/C8H11F2N/c1-8(10)3-6(5-11)2-7(9)4-8/h2,4H,3,5,11H2,1H3. The maximum Gasteiger partial charge on any atom is 0.133 e. The molecule has 1 nitrogen and oxygen atoms in total. The molecule has 0 amide bonds. The van der Waals surface area contributed by atoms with Crippen molar-refractivity contribution in [3.8, 4) is 0 Å². The minimum atomic E-state index is -1.56. The summed E-state index contributed by atoms with van der Waals surface area (Å²) in [6.07, 6.45) is 2.48. The molecule has 0 saturated heterocycles. The molecule has 2 N–H and O–H groups in total. The van der Waals surface area contributed by atoms with Gasteiger partial charge in [-0.1, -0.05) is 5.57 Å². The zero-order valence-corrected chi connectivity index (χ0v) is 6.40. The summed E-state index contributed by atoms with van der Waals surface area (Å²) in [5.41, 5.74) is 4.32. The minimum absolute atomic E-state index is 0.205. The highest BCUT2D eigenvalue weighted by atomic mass is 19.1. The summed E-state index contributed by atoms with van der Waals surface area (Å²) >= 11 is 0. The lowest BCUT2D eigenvalue weighted by Crippen LogP contribution is -2.21. The van der Waals surface area contributed by atoms with Crippen LogP contribution in [-0.4, -0.2) is 12.2 Å². The van der Waals surface area contributed by atoms with Gasteiger partial charge in [-0.15, -0.1) is 0 Å². The second-order valence-corrected chi connectivity index (χ2v) is 2.99. The predicted octanol–water partition coefficient (Wildman–Crippen LogP) is 1.86. The maximum absolute atomic E-state index is 13.1. The molecule has 0 aromatic heterocycles. The van der Waals surface area contributed by atoms with E-state index in [1.54, 1.807) is 0 Å². The van der Waals surface area contributed by atoms with Crippen LogP contribution in [0.3, 0.4) is 0 Å². The number of allylic oxidation sites excluding steroid dienone is 3. The van der Waals surface area contributed by atoms with Crippen molar-refractivity contribution in [2.75, 3.05) is 6.54 Å². The molecule has 62 valence electrons. The predicted molar refractivity (Wildman–Crippen MR) is 40.5 cm³/mol. The Morgan fingerprint density at radius 1 is 1.73 bits per heavy atom. The number of halogens is 2. The minimum Gasteiger partial charge on any atom is -0.327 e. The van der Waals surface area contributed by atoms with Crippen molar-refractivity contribution < 1.29 is 8.78 Å². The summed E-state index contributed by atoms with van der Waals surface area (Å²) < 4.78 is 25.8. The normalized spacial score (nSPS) is 31.3. The third-order valence-corrected chi connectivity index (χ3v) is 1.62. The van der Waals surface area contributed by atoms with E-state index in [2.05, 4.69) is 0 Å². The summed E-state index contributed by atoms with van der Waals surface area (Å²) in [6.45, 7) is 1.57. The third-order valence-electron chi connectivity index (χ3n) is 1.62. The lowest BCUT2D eigenvalue weighted by Gasteiger charge is -2.20. The first-order valence-electron chi connectivity index (χ1n) is 3.50. The van der Waals surface area contributed by atoms with E-state index in [0.717, 1.165) is 6.08 Å². The van der Waals surface area contributed by atoms with Gasteiger partial charge in [0, 0.05) is 13.0 Å². The molecule has 0 aromatic carbocycles. The Labute approximate surface area is 64.6 Å². The van der Waals surface area contributed by atoms with Gasteiger partial charge in [0.2, 0.25) is 0 Å². The Hall–Kier alpha value is -0.700. The van der Waals surface area contributed by atoms with Gasteiger partial charge in [0.05, 0.1) is 0 Å². The van der Waals surface area contributed by atoms with Crippen LogP contribution in [-0.2, 0) is 0 Å². The van der Waals surface area contributed by atoms with Crippen molar-refractivity contribution >= 4 is 0 Å². The van der Waals surface area contributed by atoms with Gasteiger partial charge in [-0.3, -0.25) is 0 Å². The van der Waals surface area contributed by atoms with Crippen LogP contribution in [0.1, 0.15) is 13.3 Å². The fourth-order valence-electron chi connectivity index (χ4n) is 1.20. The Balaban J connectivity index is 2.84. The van der Waals surface area contributed by atoms with E-state index >= 15 is 0 Å². The molecule has 0 spiro atoms. The van der Waals surface area contributed by atoms with E-state index in [4.69, 9.17) is 5.73 Å². The summed E-state index contributed by atoms with van der Waals surface area (Å²) in [7, 11) is 0. The highest BCUT2D eigenvalue weighted by Gasteiger charge is 2.25. The van der Waals surface area contributed by atoms with Crippen molar-refractivity contribution in [1.29, 1.82) is 0 Å². The average molecular weight is 159 g/mol. The number of nitrogens with two attached hydrogens (primary N) is 1. The molecule has 1 aliphatic carbocycles. The van der Waals surface area contributed by atoms with Crippen molar-refractivity contribution in [1.82, 2.24) is 0 Å². The Bertz CT molecular complexity index is 216. The van der Waals surface area contributed by atoms with Gasteiger partial charge in [-0.2, -0.15) is 0 Å². The Kier molecular flexibility index (Phi) is 2.09. The molecule has 0 radical (unpaired) electrons. The smallest absolute Gasteiger partial charge is 0.133 e. The molecule has 0 aliphatic heterocycles. The Morgan fingerprint density at radius 3 is 2.82 bits per heavy atom. The van der Waals surface area contributed by atoms with E-state index < -0.39 is 11.5 Å². The number of rotatable bonds is 1. The summed E-state index contributed by atoms with van der Waals surface area (Å²) in [5.74, 6) is -0.526. The van der Waals surface area contributed by atoms with Gasteiger partial charge in [0.15, 0.2) is 0 Å². The average Bonchev–Trinajstić information content (AvgIpc) is 1.83. The number of alkyl halides is 1. The molecule has 0 saturated carbocycles. The largest absolute Gasteiger partial charge is 0.327 e. The first-order valence-corrected chi connectivity index (χ1v) is 3.50. The fraction of sp³-hybridized carbons (Fsp3) is 0.500. The van der Waals surface area contributed by atoms with E-state index in [1.807, 2.05) is 0 Å². The van der Waals surface area contributed by atoms with E-state index in [-0.39, 0.29) is 13.0 Å². The van der Waals surface area contributed by atoms with Crippen molar-refractivity contribution in [2.24, 2.45) is 5.73 Å². The Morgan fingerprint density at radius 2 is 2.36 bits per heavy atom. The van der Waals surface area contributed by atoms with E-state index in [9.17, 15) is 8.78 Å². The first-order chi connectivity index (χ1) is 5.03. The highest BCUT2D eigenvalue weighted by Crippen LogP contribution is 2.29. The second-order valence-electron chi connectivity index (χ2n) is 2.99. The molecular weight excluding hydrogens is 148 g/mol. The molecule has 0 heterocycles. The molecule has 1 rings (SSSR count). The zero-order chi connectivity index (χ0) is 8.48. The van der Waals surface area contributed by atoms with Crippen LogP contribution >= 0.6 is 0 Å². The lowest BCUT2D eigenvalue weighted by molar-refractivity contribution is 0.248. The molecule has 11 heavy (non-hydrogen) atoms. The van der Waals surface area contributed by atoms with Crippen molar-refractivity contribution in [3.05, 3.63) is 23.6 Å². The second kappa shape index (κ2) is 2.74.